The standard InChI is InChI=1S/C17H19NO4S.Na.H/c1-17(13-23(20,21)22,15-10-6-3-7-11-15)18-16(19)12-14-8-4-2-5-9-14;;/h2-11H,12-13H2,1H3,(H,18,19)(H,20,21,22);;/q;+1;-1. The van der Waals surface area contributed by atoms with Crippen LogP contribution in [0.25, 0.3) is 0 Å². The maximum absolute atomic E-state index is 12.3. The van der Waals surface area contributed by atoms with Gasteiger partial charge < -0.3 is 6.74 Å². The van der Waals surface area contributed by atoms with Gasteiger partial charge in [0.05, 0.1) is 12.0 Å². The van der Waals surface area contributed by atoms with Gasteiger partial charge in [-0.3, -0.25) is 9.35 Å². The minimum absolute atomic E-state index is 0. The van der Waals surface area contributed by atoms with Crippen molar-refractivity contribution in [2.75, 3.05) is 5.75 Å². The largest absolute Gasteiger partial charge is 1.00 e. The Bertz CT molecular complexity index is 772. The summed E-state index contributed by atoms with van der Waals surface area (Å²) in [5.74, 6) is -0.906. The quantitative estimate of drug-likeness (QED) is 0.527. The van der Waals surface area contributed by atoms with Crippen LogP contribution in [-0.2, 0) is 26.9 Å². The normalized spacial score (nSPS) is 13.4. The van der Waals surface area contributed by atoms with E-state index in [1.807, 2.05) is 30.3 Å². The summed E-state index contributed by atoms with van der Waals surface area (Å²) in [6.07, 6.45) is 0.134. The van der Waals surface area contributed by atoms with Gasteiger partial charge in [-0.15, -0.1) is 0 Å². The van der Waals surface area contributed by atoms with Crippen LogP contribution in [0.4, 0.5) is 0 Å². The number of benzene rings is 2. The van der Waals surface area contributed by atoms with Crippen molar-refractivity contribution in [3.05, 3.63) is 71.8 Å². The van der Waals surface area contributed by atoms with E-state index in [-0.39, 0.29) is 43.3 Å². The Morgan fingerprint density at radius 3 is 2.08 bits per heavy atom. The Labute approximate surface area is 166 Å². The molecule has 0 saturated heterocycles. The monoisotopic (exact) mass is 357 g/mol. The number of hydrogen-bond acceptors (Lipinski definition) is 3. The van der Waals surface area contributed by atoms with Crippen LogP contribution in [-0.4, -0.2) is 24.6 Å². The van der Waals surface area contributed by atoms with Crippen LogP contribution in [0.5, 0.6) is 0 Å². The summed E-state index contributed by atoms with van der Waals surface area (Å²) < 4.78 is 32.0. The maximum Gasteiger partial charge on any atom is 1.00 e. The summed E-state index contributed by atoms with van der Waals surface area (Å²) in [5.41, 5.74) is 0.229. The van der Waals surface area contributed by atoms with Gasteiger partial charge in [-0.2, -0.15) is 8.42 Å². The third-order valence-corrected chi connectivity index (χ3v) is 4.45. The first-order chi connectivity index (χ1) is 10.8. The predicted octanol–water partition coefficient (Wildman–Crippen LogP) is -0.735. The number of nitrogens with one attached hydrogen (secondary N) is 1. The fourth-order valence-electron chi connectivity index (χ4n) is 2.50. The van der Waals surface area contributed by atoms with E-state index in [0.29, 0.717) is 5.56 Å². The topological polar surface area (TPSA) is 83.5 Å². The van der Waals surface area contributed by atoms with Crippen molar-refractivity contribution in [1.82, 2.24) is 5.32 Å². The number of carbonyl (C=O) groups is 1. The Kier molecular flexibility index (Phi) is 7.63. The van der Waals surface area contributed by atoms with Crippen LogP contribution >= 0.6 is 0 Å². The fraction of sp³-hybridized carbons (Fsp3) is 0.235. The van der Waals surface area contributed by atoms with Gasteiger partial charge in [-0.25, -0.2) is 0 Å². The molecule has 0 aliphatic rings. The fourth-order valence-corrected chi connectivity index (χ4v) is 3.46. The van der Waals surface area contributed by atoms with E-state index in [9.17, 15) is 17.8 Å². The Balaban J connectivity index is 0.00000288. The molecule has 2 rings (SSSR count). The molecule has 2 aromatic carbocycles. The molecule has 0 saturated carbocycles. The van der Waals surface area contributed by atoms with E-state index < -0.39 is 21.4 Å². The van der Waals surface area contributed by atoms with Crippen LogP contribution < -0.4 is 34.9 Å². The van der Waals surface area contributed by atoms with Gasteiger partial charge >= 0.3 is 29.6 Å². The Morgan fingerprint density at radius 1 is 1.08 bits per heavy atom. The summed E-state index contributed by atoms with van der Waals surface area (Å²) in [6.45, 7) is 1.58. The van der Waals surface area contributed by atoms with Crippen molar-refractivity contribution < 1.29 is 48.7 Å². The molecule has 0 fully saturated rings. The van der Waals surface area contributed by atoms with Gasteiger partial charge in [0.25, 0.3) is 10.1 Å². The molecule has 1 amide bonds. The SMILES string of the molecule is CC(CS(=O)(=O)O)(NC(=O)Cc1ccccc1)c1ccccc1.[H-].[Na+]. The minimum Gasteiger partial charge on any atom is -1.00 e. The molecule has 0 radical (unpaired) electrons. The molecular formula is C17H20NNaO4S. The minimum atomic E-state index is -4.26. The second-order valence-corrected chi connectivity index (χ2v) is 7.09. The van der Waals surface area contributed by atoms with Crippen LogP contribution in [0.3, 0.4) is 0 Å². The molecule has 0 aliphatic carbocycles. The molecule has 5 nitrogen and oxygen atoms in total. The summed E-state index contributed by atoms with van der Waals surface area (Å²) in [5, 5.41) is 2.74. The zero-order valence-electron chi connectivity index (χ0n) is 14.8. The molecule has 124 valence electrons. The average molecular weight is 357 g/mol. The summed E-state index contributed by atoms with van der Waals surface area (Å²) in [7, 11) is -4.26. The second-order valence-electron chi connectivity index (χ2n) is 5.63. The van der Waals surface area contributed by atoms with Crippen molar-refractivity contribution in [1.29, 1.82) is 0 Å². The van der Waals surface area contributed by atoms with Crippen molar-refractivity contribution >= 4 is 16.0 Å². The van der Waals surface area contributed by atoms with E-state index in [2.05, 4.69) is 5.32 Å². The van der Waals surface area contributed by atoms with Crippen molar-refractivity contribution in [3.8, 4) is 0 Å². The van der Waals surface area contributed by atoms with Gasteiger partial charge in [0.15, 0.2) is 0 Å². The molecule has 1 atom stereocenters. The van der Waals surface area contributed by atoms with Crippen LogP contribution in [0.15, 0.2) is 60.7 Å². The molecule has 1 unspecified atom stereocenters. The molecule has 7 heteroatoms. The summed E-state index contributed by atoms with van der Waals surface area (Å²) in [4.78, 5) is 12.3. The smallest absolute Gasteiger partial charge is 1.00 e. The van der Waals surface area contributed by atoms with Crippen LogP contribution in [0.2, 0.25) is 0 Å². The number of carbonyl (C=O) groups excluding carboxylic acids is 1. The van der Waals surface area contributed by atoms with Gasteiger partial charge in [-0.05, 0) is 18.1 Å². The second kappa shape index (κ2) is 8.78. The van der Waals surface area contributed by atoms with Crippen molar-refractivity contribution in [2.24, 2.45) is 0 Å². The van der Waals surface area contributed by atoms with Gasteiger partial charge in [0.2, 0.25) is 5.91 Å². The van der Waals surface area contributed by atoms with E-state index in [4.69, 9.17) is 0 Å². The first-order valence-corrected chi connectivity index (χ1v) is 8.75. The molecule has 0 heterocycles. The third-order valence-electron chi connectivity index (χ3n) is 3.50. The Hall–Kier alpha value is -1.18. The van der Waals surface area contributed by atoms with Crippen LogP contribution in [0.1, 0.15) is 19.5 Å². The Morgan fingerprint density at radius 2 is 1.58 bits per heavy atom. The molecule has 2 aromatic rings. The predicted molar refractivity (Wildman–Crippen MR) is 89.6 cm³/mol. The molecule has 0 spiro atoms. The third kappa shape index (κ3) is 6.37. The number of hydrogen-bond donors (Lipinski definition) is 2. The van der Waals surface area contributed by atoms with E-state index in [0.717, 1.165) is 5.56 Å². The molecule has 0 aliphatic heterocycles. The van der Waals surface area contributed by atoms with Crippen LogP contribution in [0, 0.1) is 0 Å². The van der Waals surface area contributed by atoms with E-state index in [1.54, 1.807) is 37.3 Å². The first-order valence-electron chi connectivity index (χ1n) is 7.14. The van der Waals surface area contributed by atoms with E-state index in [1.165, 1.54) is 0 Å². The van der Waals surface area contributed by atoms with Crippen molar-refractivity contribution in [2.45, 2.75) is 18.9 Å². The average Bonchev–Trinajstić information content (AvgIpc) is 2.47. The van der Waals surface area contributed by atoms with Gasteiger partial charge in [0, 0.05) is 0 Å². The molecule has 0 bridgehead atoms. The zero-order valence-corrected chi connectivity index (χ0v) is 16.6. The van der Waals surface area contributed by atoms with Crippen molar-refractivity contribution in [3.63, 3.8) is 0 Å². The number of rotatable bonds is 6. The summed E-state index contributed by atoms with van der Waals surface area (Å²) >= 11 is 0. The molecule has 2 N–H and O–H groups in total. The molecule has 24 heavy (non-hydrogen) atoms. The molecule has 0 aromatic heterocycles. The zero-order chi connectivity index (χ0) is 16.9. The van der Waals surface area contributed by atoms with Gasteiger partial charge in [0.1, 0.15) is 5.75 Å². The maximum atomic E-state index is 12.3. The summed E-state index contributed by atoms with van der Waals surface area (Å²) in [6, 6.07) is 17.9. The van der Waals surface area contributed by atoms with Gasteiger partial charge in [-0.1, -0.05) is 60.7 Å². The first kappa shape index (κ1) is 20.9. The molecular weight excluding hydrogens is 337 g/mol. The number of amides is 1. The van der Waals surface area contributed by atoms with E-state index >= 15 is 0 Å².